The molecule has 0 atom stereocenters. The van der Waals surface area contributed by atoms with E-state index in [1.807, 2.05) is 41.2 Å². The van der Waals surface area contributed by atoms with Crippen LogP contribution in [0.2, 0.25) is 0 Å². The van der Waals surface area contributed by atoms with Gasteiger partial charge in [0.2, 0.25) is 0 Å². The normalized spacial score (nSPS) is 10.9. The molecule has 0 radical (unpaired) electrons. The van der Waals surface area contributed by atoms with Crippen LogP contribution in [-0.4, -0.2) is 14.9 Å². The van der Waals surface area contributed by atoms with Crippen LogP contribution in [0.3, 0.4) is 0 Å². The van der Waals surface area contributed by atoms with Crippen molar-refractivity contribution in [2.75, 3.05) is 0 Å². The molecule has 3 heteroatoms. The molecular weight excluding hydrogens is 188 g/mol. The fourth-order valence-corrected chi connectivity index (χ4v) is 1.40. The Hall–Kier alpha value is -2.03. The van der Waals surface area contributed by atoms with E-state index in [9.17, 15) is 0 Å². The molecule has 0 fully saturated rings. The maximum atomic E-state index is 8.54. The fourth-order valence-electron chi connectivity index (χ4n) is 1.40. The van der Waals surface area contributed by atoms with Gasteiger partial charge in [0.1, 0.15) is 0 Å². The van der Waals surface area contributed by atoms with Crippen LogP contribution in [0.4, 0.5) is 0 Å². The molecule has 1 aromatic carbocycles. The van der Waals surface area contributed by atoms with Crippen LogP contribution in [0.15, 0.2) is 55.1 Å². The molecule has 0 aliphatic heterocycles. The number of aliphatic hydroxyl groups is 1. The summed E-state index contributed by atoms with van der Waals surface area (Å²) in [4.78, 5) is 0. The van der Waals surface area contributed by atoms with E-state index < -0.39 is 0 Å². The highest BCUT2D eigenvalue weighted by molar-refractivity contribution is 5.34. The lowest BCUT2D eigenvalue weighted by molar-refractivity contribution is 0.471. The van der Waals surface area contributed by atoms with Gasteiger partial charge in [-0.3, -0.25) is 0 Å². The summed E-state index contributed by atoms with van der Waals surface area (Å²) < 4.78 is 1.81. The molecule has 3 nitrogen and oxygen atoms in total. The minimum atomic E-state index is 0.746. The summed E-state index contributed by atoms with van der Waals surface area (Å²) in [5, 5.41) is 12.7. The van der Waals surface area contributed by atoms with Gasteiger partial charge in [0.25, 0.3) is 0 Å². The SMILES string of the molecule is O/C=C/Cc1ccc(-n2cccn2)cc1. The third-order valence-corrected chi connectivity index (χ3v) is 2.16. The van der Waals surface area contributed by atoms with Crippen molar-refractivity contribution in [3.63, 3.8) is 0 Å². The molecule has 1 aromatic heterocycles. The summed E-state index contributed by atoms with van der Waals surface area (Å²) in [6.45, 7) is 0. The first-order valence-electron chi connectivity index (χ1n) is 4.78. The summed E-state index contributed by atoms with van der Waals surface area (Å²) in [5.41, 5.74) is 2.20. The Kier molecular flexibility index (Phi) is 2.83. The van der Waals surface area contributed by atoms with E-state index in [0.29, 0.717) is 0 Å². The summed E-state index contributed by atoms with van der Waals surface area (Å²) in [5.74, 6) is 0. The molecule has 0 aliphatic rings. The van der Waals surface area contributed by atoms with Crippen LogP contribution in [-0.2, 0) is 6.42 Å². The van der Waals surface area contributed by atoms with Crippen LogP contribution < -0.4 is 0 Å². The monoisotopic (exact) mass is 200 g/mol. The van der Waals surface area contributed by atoms with Crippen LogP contribution >= 0.6 is 0 Å². The number of aliphatic hydroxyl groups excluding tert-OH is 1. The fraction of sp³-hybridized carbons (Fsp3) is 0.0833. The van der Waals surface area contributed by atoms with E-state index in [1.54, 1.807) is 12.3 Å². The minimum Gasteiger partial charge on any atom is -0.516 e. The Morgan fingerprint density at radius 2 is 2.07 bits per heavy atom. The molecule has 0 saturated carbocycles. The van der Waals surface area contributed by atoms with Crippen molar-refractivity contribution in [2.24, 2.45) is 0 Å². The molecule has 0 saturated heterocycles. The number of nitrogens with zero attached hydrogens (tertiary/aromatic N) is 2. The maximum Gasteiger partial charge on any atom is 0.0755 e. The molecule has 0 spiro atoms. The first-order chi connectivity index (χ1) is 7.40. The third kappa shape index (κ3) is 2.26. The second-order valence-electron chi connectivity index (χ2n) is 3.21. The van der Waals surface area contributed by atoms with E-state index in [1.165, 1.54) is 0 Å². The van der Waals surface area contributed by atoms with Crippen molar-refractivity contribution in [3.05, 3.63) is 60.6 Å². The summed E-state index contributed by atoms with van der Waals surface area (Å²) in [6.07, 6.45) is 7.19. The number of aromatic nitrogens is 2. The molecule has 0 amide bonds. The predicted molar refractivity (Wildman–Crippen MR) is 59.0 cm³/mol. The smallest absolute Gasteiger partial charge is 0.0755 e. The zero-order chi connectivity index (χ0) is 10.5. The van der Waals surface area contributed by atoms with Gasteiger partial charge in [0, 0.05) is 12.4 Å². The minimum absolute atomic E-state index is 0.746. The lowest BCUT2D eigenvalue weighted by atomic mass is 10.1. The summed E-state index contributed by atoms with van der Waals surface area (Å²) in [7, 11) is 0. The molecule has 1 heterocycles. The highest BCUT2D eigenvalue weighted by Crippen LogP contribution is 2.09. The quantitative estimate of drug-likeness (QED) is 0.773. The van der Waals surface area contributed by atoms with Gasteiger partial charge in [0.05, 0.1) is 11.9 Å². The second kappa shape index (κ2) is 4.46. The molecule has 2 rings (SSSR count). The van der Waals surface area contributed by atoms with Gasteiger partial charge in [-0.25, -0.2) is 4.68 Å². The van der Waals surface area contributed by atoms with Crippen molar-refractivity contribution in [1.29, 1.82) is 0 Å². The van der Waals surface area contributed by atoms with Gasteiger partial charge in [0.15, 0.2) is 0 Å². The van der Waals surface area contributed by atoms with Crippen molar-refractivity contribution >= 4 is 0 Å². The van der Waals surface area contributed by atoms with E-state index in [2.05, 4.69) is 5.10 Å². The van der Waals surface area contributed by atoms with Gasteiger partial charge in [-0.2, -0.15) is 5.10 Å². The van der Waals surface area contributed by atoms with Crippen molar-refractivity contribution in [2.45, 2.75) is 6.42 Å². The molecular formula is C12H12N2O. The highest BCUT2D eigenvalue weighted by atomic mass is 16.2. The Labute approximate surface area is 88.3 Å². The lowest BCUT2D eigenvalue weighted by Gasteiger charge is -2.02. The van der Waals surface area contributed by atoms with Crippen LogP contribution in [0.5, 0.6) is 0 Å². The molecule has 1 N–H and O–H groups in total. The molecule has 15 heavy (non-hydrogen) atoms. The van der Waals surface area contributed by atoms with Crippen molar-refractivity contribution in [1.82, 2.24) is 9.78 Å². The number of rotatable bonds is 3. The van der Waals surface area contributed by atoms with Gasteiger partial charge in [-0.15, -0.1) is 0 Å². The van der Waals surface area contributed by atoms with Crippen molar-refractivity contribution < 1.29 is 5.11 Å². The first-order valence-corrected chi connectivity index (χ1v) is 4.78. The van der Waals surface area contributed by atoms with Gasteiger partial charge < -0.3 is 5.11 Å². The second-order valence-corrected chi connectivity index (χ2v) is 3.21. The molecule has 0 aliphatic carbocycles. The number of allylic oxidation sites excluding steroid dienone is 1. The Balaban J connectivity index is 2.17. The van der Waals surface area contributed by atoms with Crippen LogP contribution in [0, 0.1) is 0 Å². The number of hydrogen-bond acceptors (Lipinski definition) is 2. The lowest BCUT2D eigenvalue weighted by Crippen LogP contribution is -1.93. The Morgan fingerprint density at radius 1 is 1.27 bits per heavy atom. The van der Waals surface area contributed by atoms with Gasteiger partial charge >= 0.3 is 0 Å². The summed E-state index contributed by atoms with van der Waals surface area (Å²) in [6, 6.07) is 9.96. The van der Waals surface area contributed by atoms with E-state index >= 15 is 0 Å². The maximum absolute atomic E-state index is 8.54. The zero-order valence-electron chi connectivity index (χ0n) is 8.24. The van der Waals surface area contributed by atoms with E-state index in [-0.39, 0.29) is 0 Å². The number of hydrogen-bond donors (Lipinski definition) is 1. The molecule has 2 aromatic rings. The van der Waals surface area contributed by atoms with Crippen molar-refractivity contribution in [3.8, 4) is 5.69 Å². The standard InChI is InChI=1S/C12H12N2O/c15-10-1-3-11-4-6-12(7-5-11)14-9-2-8-13-14/h1-2,4-10,15H,3H2/b10-1+. The van der Waals surface area contributed by atoms with Crippen LogP contribution in [0.25, 0.3) is 5.69 Å². The predicted octanol–water partition coefficient (Wildman–Crippen LogP) is 2.49. The molecule has 0 unspecified atom stereocenters. The summed E-state index contributed by atoms with van der Waals surface area (Å²) >= 11 is 0. The average Bonchev–Trinajstić information content (AvgIpc) is 2.80. The Bertz CT molecular complexity index is 429. The number of benzene rings is 1. The topological polar surface area (TPSA) is 38.0 Å². The first kappa shape index (κ1) is 9.52. The molecule has 76 valence electrons. The zero-order valence-corrected chi connectivity index (χ0v) is 8.24. The van der Waals surface area contributed by atoms with Gasteiger partial charge in [-0.05, 0) is 36.3 Å². The molecule has 0 bridgehead atoms. The third-order valence-electron chi connectivity index (χ3n) is 2.16. The van der Waals surface area contributed by atoms with Crippen LogP contribution in [0.1, 0.15) is 5.56 Å². The van der Waals surface area contributed by atoms with E-state index in [0.717, 1.165) is 23.9 Å². The van der Waals surface area contributed by atoms with E-state index in [4.69, 9.17) is 5.11 Å². The van der Waals surface area contributed by atoms with Gasteiger partial charge in [-0.1, -0.05) is 12.1 Å². The highest BCUT2D eigenvalue weighted by Gasteiger charge is 1.95. The average molecular weight is 200 g/mol. The Morgan fingerprint density at radius 3 is 2.67 bits per heavy atom. The largest absolute Gasteiger partial charge is 0.516 e.